The number of benzene rings is 2. The van der Waals surface area contributed by atoms with E-state index in [2.05, 4.69) is 0 Å². The molecular weight excluding hydrogens is 360 g/mol. The monoisotopic (exact) mass is 382 g/mol. The smallest absolute Gasteiger partial charge is 0.335 e. The van der Waals surface area contributed by atoms with E-state index in [0.29, 0.717) is 6.54 Å². The van der Waals surface area contributed by atoms with Crippen molar-refractivity contribution in [3.8, 4) is 0 Å². The number of rotatable bonds is 3. The van der Waals surface area contributed by atoms with Crippen LogP contribution in [-0.4, -0.2) is 58.1 Å². The van der Waals surface area contributed by atoms with Crippen LogP contribution < -0.4 is 4.90 Å². The van der Waals surface area contributed by atoms with Gasteiger partial charge in [-0.1, -0.05) is 36.4 Å². The van der Waals surface area contributed by atoms with Gasteiger partial charge < -0.3 is 20.0 Å². The van der Waals surface area contributed by atoms with E-state index in [9.17, 15) is 19.5 Å². The van der Waals surface area contributed by atoms with Crippen molar-refractivity contribution in [2.24, 2.45) is 5.92 Å². The van der Waals surface area contributed by atoms with Gasteiger partial charge in [0.1, 0.15) is 0 Å². The first kappa shape index (κ1) is 18.4. The highest BCUT2D eigenvalue weighted by Crippen LogP contribution is 2.33. The minimum atomic E-state index is -1.77. The van der Waals surface area contributed by atoms with Gasteiger partial charge in [-0.15, -0.1) is 0 Å². The average molecular weight is 382 g/mol. The maximum Gasteiger partial charge on any atom is 0.335 e. The number of hydrogen-bond donors (Lipinski definition) is 2. The Hall–Kier alpha value is -2.93. The molecule has 4 rings (SSSR count). The second-order valence-corrected chi connectivity index (χ2v) is 7.57. The lowest BCUT2D eigenvalue weighted by molar-refractivity contribution is -0.165. The van der Waals surface area contributed by atoms with Gasteiger partial charge in [0.05, 0.1) is 11.6 Å². The predicted molar refractivity (Wildman–Crippen MR) is 103 cm³/mol. The van der Waals surface area contributed by atoms with Crippen molar-refractivity contribution in [1.29, 1.82) is 0 Å². The summed E-state index contributed by atoms with van der Waals surface area (Å²) in [5.74, 6) is -1.95. The van der Waals surface area contributed by atoms with Crippen molar-refractivity contribution in [3.05, 3.63) is 42.5 Å². The fraction of sp³-hybridized carbons (Fsp3) is 0.381. The number of likely N-dealkylation sites (tertiary alicyclic amines) is 1. The first-order chi connectivity index (χ1) is 13.4. The van der Waals surface area contributed by atoms with Crippen molar-refractivity contribution >= 4 is 34.2 Å². The summed E-state index contributed by atoms with van der Waals surface area (Å²) in [5, 5.41) is 21.2. The third-order valence-corrected chi connectivity index (χ3v) is 5.83. The number of anilines is 1. The Morgan fingerprint density at radius 3 is 2.43 bits per heavy atom. The van der Waals surface area contributed by atoms with Gasteiger partial charge in [0.15, 0.2) is 5.60 Å². The number of fused-ring (bicyclic) bond motifs is 1. The zero-order chi connectivity index (χ0) is 19.9. The van der Waals surface area contributed by atoms with Gasteiger partial charge in [0, 0.05) is 44.3 Å². The van der Waals surface area contributed by atoms with Gasteiger partial charge in [-0.3, -0.25) is 9.59 Å². The van der Waals surface area contributed by atoms with Crippen molar-refractivity contribution < 1.29 is 24.6 Å². The molecule has 146 valence electrons. The van der Waals surface area contributed by atoms with Crippen molar-refractivity contribution in [3.63, 3.8) is 0 Å². The van der Waals surface area contributed by atoms with Crippen LogP contribution in [0.3, 0.4) is 0 Å². The minimum absolute atomic E-state index is 0.00176. The van der Waals surface area contributed by atoms with E-state index in [4.69, 9.17) is 5.11 Å². The van der Waals surface area contributed by atoms with Gasteiger partial charge in [0.2, 0.25) is 11.8 Å². The second kappa shape index (κ2) is 6.91. The Labute approximate surface area is 162 Å². The van der Waals surface area contributed by atoms with E-state index in [1.165, 1.54) is 0 Å². The fourth-order valence-electron chi connectivity index (χ4n) is 4.12. The molecule has 2 saturated heterocycles. The van der Waals surface area contributed by atoms with Crippen LogP contribution in [0.25, 0.3) is 10.8 Å². The van der Waals surface area contributed by atoms with Crippen molar-refractivity contribution in [1.82, 2.24) is 4.90 Å². The molecule has 7 nitrogen and oxygen atoms in total. The molecule has 2 aliphatic heterocycles. The lowest BCUT2D eigenvalue weighted by Crippen LogP contribution is -2.52. The van der Waals surface area contributed by atoms with Crippen molar-refractivity contribution in [2.75, 3.05) is 24.5 Å². The summed E-state index contributed by atoms with van der Waals surface area (Å²) in [5.41, 5.74) is -0.964. The number of carboxylic acids is 1. The van der Waals surface area contributed by atoms with Crippen LogP contribution in [0.2, 0.25) is 0 Å². The van der Waals surface area contributed by atoms with Crippen LogP contribution in [0, 0.1) is 5.92 Å². The first-order valence-electron chi connectivity index (χ1n) is 9.42. The number of carboxylic acid groups (broad SMARTS) is 1. The SMILES string of the molecule is O=C(C1CC(=O)N(c2cccc3ccccc23)C1)N1CCC(O)(C(=O)O)CC1. The quantitative estimate of drug-likeness (QED) is 0.841. The highest BCUT2D eigenvalue weighted by atomic mass is 16.4. The fourth-order valence-corrected chi connectivity index (χ4v) is 4.12. The van der Waals surface area contributed by atoms with Crippen LogP contribution >= 0.6 is 0 Å². The summed E-state index contributed by atoms with van der Waals surface area (Å²) in [7, 11) is 0. The first-order valence-corrected chi connectivity index (χ1v) is 9.42. The van der Waals surface area contributed by atoms with Crippen LogP contribution in [-0.2, 0) is 14.4 Å². The number of aliphatic carboxylic acids is 1. The summed E-state index contributed by atoms with van der Waals surface area (Å²) in [6, 6.07) is 13.6. The lowest BCUT2D eigenvalue weighted by Gasteiger charge is -2.36. The Morgan fingerprint density at radius 1 is 1.04 bits per heavy atom. The van der Waals surface area contributed by atoms with Crippen LogP contribution in [0.4, 0.5) is 5.69 Å². The van der Waals surface area contributed by atoms with E-state index >= 15 is 0 Å². The average Bonchev–Trinajstić information content (AvgIpc) is 3.09. The van der Waals surface area contributed by atoms with Gasteiger partial charge in [0.25, 0.3) is 0 Å². The highest BCUT2D eigenvalue weighted by molar-refractivity contribution is 6.07. The third kappa shape index (κ3) is 3.11. The maximum atomic E-state index is 12.9. The molecule has 2 N–H and O–H groups in total. The second-order valence-electron chi connectivity index (χ2n) is 7.57. The summed E-state index contributed by atoms with van der Waals surface area (Å²) in [4.78, 5) is 39.9. The van der Waals surface area contributed by atoms with E-state index < -0.39 is 17.5 Å². The molecule has 1 unspecified atom stereocenters. The number of hydrogen-bond acceptors (Lipinski definition) is 4. The van der Waals surface area contributed by atoms with Crippen LogP contribution in [0.5, 0.6) is 0 Å². The Bertz CT molecular complexity index is 943. The molecule has 0 bridgehead atoms. The van der Waals surface area contributed by atoms with E-state index in [0.717, 1.165) is 16.5 Å². The molecule has 2 aliphatic rings. The van der Waals surface area contributed by atoms with Gasteiger partial charge >= 0.3 is 5.97 Å². The standard InChI is InChI=1S/C21H22N2O5/c24-18-12-15(19(25)22-10-8-21(28,9-11-22)20(26)27)13-23(18)17-7-3-5-14-4-1-2-6-16(14)17/h1-7,15,28H,8-13H2,(H,26,27). The van der Waals surface area contributed by atoms with Crippen LogP contribution in [0.1, 0.15) is 19.3 Å². The molecule has 7 heteroatoms. The third-order valence-electron chi connectivity index (χ3n) is 5.83. The summed E-state index contributed by atoms with van der Waals surface area (Å²) in [6.45, 7) is 0.673. The number of aliphatic hydroxyl groups is 1. The molecule has 2 fully saturated rings. The number of piperidine rings is 1. The molecule has 2 aromatic rings. The van der Waals surface area contributed by atoms with E-state index in [1.807, 2.05) is 42.5 Å². The van der Waals surface area contributed by atoms with Gasteiger partial charge in [-0.25, -0.2) is 4.79 Å². The topological polar surface area (TPSA) is 98.2 Å². The molecule has 0 radical (unpaired) electrons. The maximum absolute atomic E-state index is 12.9. The normalized spacial score (nSPS) is 21.9. The molecule has 2 amide bonds. The van der Waals surface area contributed by atoms with Gasteiger partial charge in [-0.05, 0) is 11.5 Å². The zero-order valence-corrected chi connectivity index (χ0v) is 15.4. The number of nitrogens with zero attached hydrogens (tertiary/aromatic N) is 2. The molecule has 0 aromatic heterocycles. The van der Waals surface area contributed by atoms with Gasteiger partial charge in [-0.2, -0.15) is 0 Å². The molecule has 2 heterocycles. The summed E-state index contributed by atoms with van der Waals surface area (Å²) in [6.07, 6.45) is 0.144. The van der Waals surface area contributed by atoms with E-state index in [-0.39, 0.29) is 44.2 Å². The molecule has 28 heavy (non-hydrogen) atoms. The number of amides is 2. The molecule has 0 spiro atoms. The Balaban J connectivity index is 1.49. The predicted octanol–water partition coefficient (Wildman–Crippen LogP) is 1.63. The molecule has 0 saturated carbocycles. The zero-order valence-electron chi connectivity index (χ0n) is 15.4. The molecular formula is C21H22N2O5. The molecule has 0 aliphatic carbocycles. The summed E-state index contributed by atoms with van der Waals surface area (Å²) >= 11 is 0. The molecule has 2 aromatic carbocycles. The largest absolute Gasteiger partial charge is 0.479 e. The number of carbonyl (C=O) groups is 3. The lowest BCUT2D eigenvalue weighted by atomic mass is 9.91. The Kier molecular flexibility index (Phi) is 4.55. The van der Waals surface area contributed by atoms with Crippen LogP contribution in [0.15, 0.2) is 42.5 Å². The number of carbonyl (C=O) groups excluding carboxylic acids is 2. The molecule has 1 atom stereocenters. The van der Waals surface area contributed by atoms with E-state index in [1.54, 1.807) is 9.80 Å². The summed E-state index contributed by atoms with van der Waals surface area (Å²) < 4.78 is 0. The minimum Gasteiger partial charge on any atom is -0.479 e. The highest BCUT2D eigenvalue weighted by Gasteiger charge is 2.43. The Morgan fingerprint density at radius 2 is 1.71 bits per heavy atom. The van der Waals surface area contributed by atoms with Crippen molar-refractivity contribution in [2.45, 2.75) is 24.9 Å².